The number of rotatable bonds is 10. The maximum Gasteiger partial charge on any atom is 0.243 e. The molecular formula is C20H23ClFN5O2. The fourth-order valence-electron chi connectivity index (χ4n) is 2.70. The molecule has 154 valence electrons. The molecule has 29 heavy (non-hydrogen) atoms. The van der Waals surface area contributed by atoms with Gasteiger partial charge >= 0.3 is 0 Å². The number of hydrogen-bond acceptors (Lipinski definition) is 6. The fourth-order valence-corrected chi connectivity index (χ4v) is 2.92. The lowest BCUT2D eigenvalue weighted by Crippen LogP contribution is -2.09. The van der Waals surface area contributed by atoms with Gasteiger partial charge in [-0.25, -0.2) is 9.07 Å². The van der Waals surface area contributed by atoms with Gasteiger partial charge in [-0.05, 0) is 53.1 Å². The van der Waals surface area contributed by atoms with Crippen molar-refractivity contribution in [1.82, 2.24) is 20.2 Å². The van der Waals surface area contributed by atoms with E-state index in [4.69, 9.17) is 21.1 Å². The lowest BCUT2D eigenvalue weighted by molar-refractivity contribution is 0.269. The summed E-state index contributed by atoms with van der Waals surface area (Å²) in [6.07, 6.45) is 0.926. The molecule has 0 aliphatic heterocycles. The number of halogens is 2. The number of nitrogens with one attached hydrogen (secondary N) is 1. The van der Waals surface area contributed by atoms with E-state index in [0.717, 1.165) is 24.1 Å². The Bertz CT molecular complexity index is 933. The third kappa shape index (κ3) is 5.57. The minimum absolute atomic E-state index is 0.278. The molecule has 0 saturated carbocycles. The molecule has 0 amide bonds. The van der Waals surface area contributed by atoms with Crippen LogP contribution in [0, 0.1) is 5.82 Å². The van der Waals surface area contributed by atoms with E-state index in [1.807, 2.05) is 13.0 Å². The highest BCUT2D eigenvalue weighted by Gasteiger charge is 2.13. The zero-order chi connectivity index (χ0) is 20.6. The van der Waals surface area contributed by atoms with E-state index in [9.17, 15) is 4.39 Å². The predicted octanol–water partition coefficient (Wildman–Crippen LogP) is 4.47. The van der Waals surface area contributed by atoms with Crippen molar-refractivity contribution in [1.29, 1.82) is 0 Å². The number of aryl methyl sites for hydroxylation is 1. The Morgan fingerprint density at radius 2 is 1.86 bits per heavy atom. The van der Waals surface area contributed by atoms with Gasteiger partial charge in [0.1, 0.15) is 12.4 Å². The molecule has 2 aromatic carbocycles. The van der Waals surface area contributed by atoms with Crippen LogP contribution in [0.2, 0.25) is 5.02 Å². The number of ether oxygens (including phenoxy) is 2. The minimum Gasteiger partial charge on any atom is -0.490 e. The van der Waals surface area contributed by atoms with Crippen molar-refractivity contribution in [3.8, 4) is 11.5 Å². The summed E-state index contributed by atoms with van der Waals surface area (Å²) in [5.41, 5.74) is 1.67. The van der Waals surface area contributed by atoms with Gasteiger partial charge in [0.2, 0.25) is 5.95 Å². The Hall–Kier alpha value is -2.87. The molecule has 0 unspecified atom stereocenters. The standard InChI is InChI=1S/C20H23ClFN5O2/c1-3-9-27-20(24-25-26-27)23-12-15-10-18(28-4-2)19(11-17(15)21)29-13-14-5-7-16(22)8-6-14/h5-8,10-11H,3-4,9,12-13H2,1-2H3,(H,23,24,26). The average molecular weight is 420 g/mol. The quantitative estimate of drug-likeness (QED) is 0.522. The molecule has 0 aliphatic rings. The molecule has 1 N–H and O–H groups in total. The van der Waals surface area contributed by atoms with Crippen molar-refractivity contribution in [3.05, 3.63) is 58.4 Å². The summed E-state index contributed by atoms with van der Waals surface area (Å²) in [5.74, 6) is 1.41. The van der Waals surface area contributed by atoms with Gasteiger partial charge in [-0.2, -0.15) is 0 Å². The summed E-state index contributed by atoms with van der Waals surface area (Å²) in [4.78, 5) is 0. The van der Waals surface area contributed by atoms with Gasteiger partial charge in [0, 0.05) is 24.2 Å². The highest BCUT2D eigenvalue weighted by atomic mass is 35.5. The van der Waals surface area contributed by atoms with Crippen LogP contribution in [0.25, 0.3) is 0 Å². The van der Waals surface area contributed by atoms with Gasteiger partial charge in [0.05, 0.1) is 6.61 Å². The van der Waals surface area contributed by atoms with E-state index < -0.39 is 0 Å². The van der Waals surface area contributed by atoms with Crippen LogP contribution in [0.1, 0.15) is 31.4 Å². The summed E-state index contributed by atoms with van der Waals surface area (Å²) in [6.45, 7) is 5.87. The molecule has 0 aliphatic carbocycles. The van der Waals surface area contributed by atoms with Crippen LogP contribution in [0.4, 0.5) is 10.3 Å². The molecule has 0 radical (unpaired) electrons. The first-order valence-corrected chi connectivity index (χ1v) is 9.81. The van der Waals surface area contributed by atoms with Crippen LogP contribution in [0.5, 0.6) is 11.5 Å². The smallest absolute Gasteiger partial charge is 0.243 e. The lowest BCUT2D eigenvalue weighted by Gasteiger charge is -2.15. The van der Waals surface area contributed by atoms with Crippen LogP contribution in [0.3, 0.4) is 0 Å². The maximum atomic E-state index is 13.1. The topological polar surface area (TPSA) is 74.1 Å². The SMILES string of the molecule is CCCn1nnnc1NCc1cc(OCC)c(OCc2ccc(F)cc2)cc1Cl. The van der Waals surface area contributed by atoms with Crippen LogP contribution in [-0.2, 0) is 19.7 Å². The van der Waals surface area contributed by atoms with E-state index in [2.05, 4.69) is 27.8 Å². The van der Waals surface area contributed by atoms with Gasteiger partial charge < -0.3 is 14.8 Å². The Labute approximate surface area is 173 Å². The minimum atomic E-state index is -0.284. The normalized spacial score (nSPS) is 10.8. The Kier molecular flexibility index (Phi) is 7.24. The maximum absolute atomic E-state index is 13.1. The number of benzene rings is 2. The van der Waals surface area contributed by atoms with Gasteiger partial charge in [0.25, 0.3) is 0 Å². The highest BCUT2D eigenvalue weighted by molar-refractivity contribution is 6.31. The van der Waals surface area contributed by atoms with E-state index in [1.165, 1.54) is 12.1 Å². The first-order valence-electron chi connectivity index (χ1n) is 9.43. The van der Waals surface area contributed by atoms with Crippen LogP contribution in [0.15, 0.2) is 36.4 Å². The zero-order valence-corrected chi connectivity index (χ0v) is 17.1. The summed E-state index contributed by atoms with van der Waals surface area (Å²) < 4.78 is 26.3. The number of tetrazole rings is 1. The van der Waals surface area contributed by atoms with E-state index in [-0.39, 0.29) is 12.4 Å². The summed E-state index contributed by atoms with van der Waals surface area (Å²) in [6, 6.07) is 9.72. The second kappa shape index (κ2) is 10.1. The molecule has 0 saturated heterocycles. The first-order chi connectivity index (χ1) is 14.1. The van der Waals surface area contributed by atoms with Crippen molar-refractivity contribution in [2.75, 3.05) is 11.9 Å². The average Bonchev–Trinajstić information content (AvgIpc) is 3.15. The molecule has 0 fully saturated rings. The van der Waals surface area contributed by atoms with E-state index in [1.54, 1.807) is 22.9 Å². The molecular weight excluding hydrogens is 397 g/mol. The monoisotopic (exact) mass is 419 g/mol. The molecule has 7 nitrogen and oxygen atoms in total. The Balaban J connectivity index is 1.72. The van der Waals surface area contributed by atoms with Crippen LogP contribution < -0.4 is 14.8 Å². The Morgan fingerprint density at radius 1 is 1.10 bits per heavy atom. The van der Waals surface area contributed by atoms with E-state index in [0.29, 0.717) is 35.6 Å². The lowest BCUT2D eigenvalue weighted by atomic mass is 10.2. The Morgan fingerprint density at radius 3 is 2.59 bits per heavy atom. The zero-order valence-electron chi connectivity index (χ0n) is 16.4. The molecule has 1 aromatic heterocycles. The third-order valence-corrected chi connectivity index (χ3v) is 4.48. The molecule has 0 bridgehead atoms. The number of aromatic nitrogens is 4. The molecule has 3 aromatic rings. The van der Waals surface area contributed by atoms with Crippen molar-refractivity contribution in [2.45, 2.75) is 40.0 Å². The second-order valence-corrected chi connectivity index (χ2v) is 6.72. The molecule has 1 heterocycles. The van der Waals surface area contributed by atoms with Crippen molar-refractivity contribution < 1.29 is 13.9 Å². The van der Waals surface area contributed by atoms with Crippen LogP contribution in [-0.4, -0.2) is 26.8 Å². The van der Waals surface area contributed by atoms with Gasteiger partial charge in [0.15, 0.2) is 11.5 Å². The molecule has 0 spiro atoms. The summed E-state index contributed by atoms with van der Waals surface area (Å²) in [7, 11) is 0. The highest BCUT2D eigenvalue weighted by Crippen LogP contribution is 2.34. The largest absolute Gasteiger partial charge is 0.490 e. The summed E-state index contributed by atoms with van der Waals surface area (Å²) >= 11 is 6.46. The second-order valence-electron chi connectivity index (χ2n) is 6.32. The van der Waals surface area contributed by atoms with Gasteiger partial charge in [-0.3, -0.25) is 0 Å². The van der Waals surface area contributed by atoms with Crippen molar-refractivity contribution in [3.63, 3.8) is 0 Å². The van der Waals surface area contributed by atoms with Gasteiger partial charge in [-0.1, -0.05) is 35.8 Å². The first kappa shape index (κ1) is 20.9. The van der Waals surface area contributed by atoms with Crippen molar-refractivity contribution >= 4 is 17.5 Å². The third-order valence-electron chi connectivity index (χ3n) is 4.12. The van der Waals surface area contributed by atoms with Crippen LogP contribution >= 0.6 is 11.6 Å². The molecule has 3 rings (SSSR count). The molecule has 9 heteroatoms. The fraction of sp³-hybridized carbons (Fsp3) is 0.350. The number of nitrogens with zero attached hydrogens (tertiary/aromatic N) is 4. The van der Waals surface area contributed by atoms with Crippen molar-refractivity contribution in [2.24, 2.45) is 0 Å². The number of anilines is 1. The van der Waals surface area contributed by atoms with Gasteiger partial charge in [-0.15, -0.1) is 0 Å². The molecule has 0 atom stereocenters. The number of hydrogen-bond donors (Lipinski definition) is 1. The predicted molar refractivity (Wildman–Crippen MR) is 109 cm³/mol. The summed E-state index contributed by atoms with van der Waals surface area (Å²) in [5, 5.41) is 15.4. The van der Waals surface area contributed by atoms with E-state index >= 15 is 0 Å².